The molecule has 0 aromatic rings. The molecule has 0 aromatic carbocycles. The summed E-state index contributed by atoms with van der Waals surface area (Å²) in [6.07, 6.45) is 0.267. The van der Waals surface area contributed by atoms with Crippen molar-refractivity contribution in [2.75, 3.05) is 39.8 Å². The lowest BCUT2D eigenvalue weighted by molar-refractivity contribution is 0.0462. The van der Waals surface area contributed by atoms with Crippen LogP contribution in [0.1, 0.15) is 0 Å². The quantitative estimate of drug-likeness (QED) is 0.413. The molecule has 2 heterocycles. The van der Waals surface area contributed by atoms with E-state index < -0.39 is 0 Å². The third-order valence-corrected chi connectivity index (χ3v) is 2.29. The number of nitrogens with one attached hydrogen (secondary N) is 2. The van der Waals surface area contributed by atoms with Gasteiger partial charge in [-0.15, -0.1) is 0 Å². The molecule has 2 unspecified atom stereocenters. The summed E-state index contributed by atoms with van der Waals surface area (Å²) in [4.78, 5) is 0. The second kappa shape index (κ2) is 6.42. The van der Waals surface area contributed by atoms with Gasteiger partial charge in [-0.05, 0) is 0 Å². The molecule has 2 saturated heterocycles. The topological polar surface area (TPSA) is 61.0 Å². The molecule has 2 fully saturated rings. The molecule has 0 amide bonds. The summed E-state index contributed by atoms with van der Waals surface area (Å²) in [5, 5.41) is 6.15. The van der Waals surface area contributed by atoms with Crippen molar-refractivity contribution >= 4 is 7.69 Å². The van der Waals surface area contributed by atoms with Crippen molar-refractivity contribution in [1.29, 1.82) is 0 Å². The Bertz CT molecular complexity index is 156. The van der Waals surface area contributed by atoms with E-state index in [2.05, 4.69) is 10.6 Å². The minimum atomic E-state index is 0.134. The van der Waals surface area contributed by atoms with E-state index in [0.717, 1.165) is 13.1 Å². The van der Waals surface area contributed by atoms with Gasteiger partial charge in [0, 0.05) is 13.1 Å². The van der Waals surface area contributed by atoms with E-state index in [1.807, 2.05) is 0 Å². The van der Waals surface area contributed by atoms with Gasteiger partial charge < -0.3 is 18.8 Å². The molecule has 0 bridgehead atoms. The highest BCUT2D eigenvalue weighted by Crippen LogP contribution is 1.99. The second-order valence-electron chi connectivity index (χ2n) is 3.54. The van der Waals surface area contributed by atoms with Crippen LogP contribution >= 0.6 is 0 Å². The molecule has 7 heteroatoms. The predicted octanol–water partition coefficient (Wildman–Crippen LogP) is -1.55. The van der Waals surface area contributed by atoms with Crippen molar-refractivity contribution in [3.63, 3.8) is 0 Å². The molecule has 0 aliphatic carbocycles. The number of hydrogen-bond acceptors (Lipinski definition) is 6. The van der Waals surface area contributed by atoms with Crippen molar-refractivity contribution in [3.05, 3.63) is 0 Å². The average Bonchev–Trinajstić information content (AvgIpc) is 2.88. The van der Waals surface area contributed by atoms with Gasteiger partial charge in [0.25, 0.3) is 0 Å². The van der Waals surface area contributed by atoms with E-state index in [-0.39, 0.29) is 12.2 Å². The Labute approximate surface area is 89.9 Å². The van der Waals surface area contributed by atoms with Gasteiger partial charge in [0.15, 0.2) is 0 Å². The minimum Gasteiger partial charge on any atom is -0.410 e. The first-order valence-electron chi connectivity index (χ1n) is 5.14. The van der Waals surface area contributed by atoms with Crippen LogP contribution in [0.15, 0.2) is 0 Å². The lowest BCUT2D eigenvalue weighted by Gasteiger charge is -2.10. The highest BCUT2D eigenvalue weighted by Gasteiger charge is 2.17. The Morgan fingerprint density at radius 2 is 1.53 bits per heavy atom. The second-order valence-corrected chi connectivity index (χ2v) is 3.54. The maximum absolute atomic E-state index is 5.29. The third-order valence-electron chi connectivity index (χ3n) is 2.29. The maximum atomic E-state index is 5.29. The van der Waals surface area contributed by atoms with Crippen LogP contribution in [-0.4, -0.2) is 59.7 Å². The van der Waals surface area contributed by atoms with Gasteiger partial charge in [-0.1, -0.05) is 0 Å². The Hall–Kier alpha value is -0.175. The first-order chi connectivity index (χ1) is 7.45. The molecule has 0 saturated carbocycles. The smallest absolute Gasteiger partial charge is 0.410 e. The predicted molar refractivity (Wildman–Crippen MR) is 53.1 cm³/mol. The van der Waals surface area contributed by atoms with Gasteiger partial charge in [0.05, 0.1) is 38.9 Å². The highest BCUT2D eigenvalue weighted by atomic mass is 16.6. The van der Waals surface area contributed by atoms with Crippen LogP contribution in [0.25, 0.3) is 0 Å². The molecule has 2 aliphatic rings. The van der Waals surface area contributed by atoms with Crippen molar-refractivity contribution in [3.8, 4) is 0 Å². The SMILES string of the molecule is [B](OCC1CNCO1)OCC1CNCO1. The highest BCUT2D eigenvalue weighted by molar-refractivity contribution is 6.17. The van der Waals surface area contributed by atoms with Crippen LogP contribution in [0.3, 0.4) is 0 Å². The van der Waals surface area contributed by atoms with Gasteiger partial charge in [0.2, 0.25) is 0 Å². The summed E-state index contributed by atoms with van der Waals surface area (Å²) >= 11 is 0. The van der Waals surface area contributed by atoms with Gasteiger partial charge in [-0.25, -0.2) is 0 Å². The van der Waals surface area contributed by atoms with Crippen LogP contribution in [0, 0.1) is 0 Å². The van der Waals surface area contributed by atoms with Crippen LogP contribution in [0.2, 0.25) is 0 Å². The summed E-state index contributed by atoms with van der Waals surface area (Å²) in [5.74, 6) is 0. The number of hydrogen-bond donors (Lipinski definition) is 2. The largest absolute Gasteiger partial charge is 0.488 e. The summed E-state index contributed by atoms with van der Waals surface area (Å²) < 4.78 is 21.0. The van der Waals surface area contributed by atoms with E-state index in [1.54, 1.807) is 0 Å². The lowest BCUT2D eigenvalue weighted by atomic mass is 10.3. The molecule has 6 nitrogen and oxygen atoms in total. The Kier molecular flexibility index (Phi) is 4.84. The fraction of sp³-hybridized carbons (Fsp3) is 1.00. The zero-order chi connectivity index (χ0) is 10.3. The first kappa shape index (κ1) is 11.3. The lowest BCUT2D eigenvalue weighted by Crippen LogP contribution is -2.25. The molecular weight excluding hydrogens is 199 g/mol. The van der Waals surface area contributed by atoms with E-state index in [4.69, 9.17) is 18.8 Å². The van der Waals surface area contributed by atoms with Crippen LogP contribution in [0.4, 0.5) is 0 Å². The van der Waals surface area contributed by atoms with E-state index in [9.17, 15) is 0 Å². The summed E-state index contributed by atoms with van der Waals surface area (Å²) in [6, 6.07) is 0. The molecular formula is C8H16BN2O4. The summed E-state index contributed by atoms with van der Waals surface area (Å²) in [6.45, 7) is 3.94. The van der Waals surface area contributed by atoms with Crippen LogP contribution < -0.4 is 10.6 Å². The zero-order valence-corrected chi connectivity index (χ0v) is 8.61. The first-order valence-corrected chi connectivity index (χ1v) is 5.14. The zero-order valence-electron chi connectivity index (χ0n) is 8.61. The molecule has 2 atom stereocenters. The van der Waals surface area contributed by atoms with Gasteiger partial charge >= 0.3 is 7.69 Å². The monoisotopic (exact) mass is 215 g/mol. The summed E-state index contributed by atoms with van der Waals surface area (Å²) in [5.41, 5.74) is 0. The Balaban J connectivity index is 1.41. The third kappa shape index (κ3) is 4.06. The van der Waals surface area contributed by atoms with Crippen LogP contribution in [0.5, 0.6) is 0 Å². The van der Waals surface area contributed by atoms with Crippen molar-refractivity contribution in [2.45, 2.75) is 12.2 Å². The summed E-state index contributed by atoms with van der Waals surface area (Å²) in [7, 11) is 1.36. The molecule has 1 radical (unpaired) electrons. The average molecular weight is 215 g/mol. The molecule has 2 rings (SSSR count). The molecule has 2 N–H and O–H groups in total. The van der Waals surface area contributed by atoms with Gasteiger partial charge in [0.1, 0.15) is 0 Å². The Morgan fingerprint density at radius 1 is 1.00 bits per heavy atom. The van der Waals surface area contributed by atoms with Crippen molar-refractivity contribution in [1.82, 2.24) is 10.6 Å². The van der Waals surface area contributed by atoms with Crippen LogP contribution in [-0.2, 0) is 18.8 Å². The fourth-order valence-corrected chi connectivity index (χ4v) is 1.47. The number of rotatable bonds is 6. The van der Waals surface area contributed by atoms with Gasteiger partial charge in [-0.2, -0.15) is 0 Å². The van der Waals surface area contributed by atoms with Gasteiger partial charge in [-0.3, -0.25) is 10.6 Å². The number of ether oxygens (including phenoxy) is 2. The molecule has 2 aliphatic heterocycles. The maximum Gasteiger partial charge on any atom is 0.488 e. The van der Waals surface area contributed by atoms with E-state index >= 15 is 0 Å². The molecule has 15 heavy (non-hydrogen) atoms. The van der Waals surface area contributed by atoms with Crippen molar-refractivity contribution in [2.24, 2.45) is 0 Å². The molecule has 0 spiro atoms. The van der Waals surface area contributed by atoms with E-state index in [1.165, 1.54) is 7.69 Å². The molecule has 0 aromatic heterocycles. The van der Waals surface area contributed by atoms with Crippen molar-refractivity contribution < 1.29 is 18.8 Å². The fourth-order valence-electron chi connectivity index (χ4n) is 1.47. The minimum absolute atomic E-state index is 0.134. The Morgan fingerprint density at radius 3 is 1.93 bits per heavy atom. The standard InChI is InChI=1S/C8H16BN2O4/c1-7(12-5-10-1)3-14-9-15-4-8-2-11-6-13-8/h7-8,10-11H,1-6H2. The van der Waals surface area contributed by atoms with E-state index in [0.29, 0.717) is 26.7 Å². The normalized spacial score (nSPS) is 30.9. The molecule has 85 valence electrons.